The zero-order valence-corrected chi connectivity index (χ0v) is 10.4. The number of nitriles is 1. The Labute approximate surface area is 108 Å². The van der Waals surface area contributed by atoms with Gasteiger partial charge in [0.05, 0.1) is 17.8 Å². The molecule has 0 atom stereocenters. The van der Waals surface area contributed by atoms with Crippen LogP contribution in [0.1, 0.15) is 18.4 Å². The summed E-state index contributed by atoms with van der Waals surface area (Å²) in [5.74, 6) is 2.68. The Balaban J connectivity index is 1.92. The van der Waals surface area contributed by atoms with Crippen molar-refractivity contribution in [2.45, 2.75) is 18.9 Å². The first-order chi connectivity index (χ1) is 8.83. The molecule has 2 rings (SSSR count). The number of hydrogen-bond donors (Lipinski definition) is 1. The standard InChI is InChI=1S/C15H17N3/c1-2-9-18-10-7-14(8-11-18)17-15-6-4-3-5-13(15)12-16/h1,3-6,14,17H,7-11H2. The van der Waals surface area contributed by atoms with Crippen molar-refractivity contribution in [2.75, 3.05) is 25.0 Å². The molecular formula is C15H17N3. The van der Waals surface area contributed by atoms with Crippen molar-refractivity contribution in [2.24, 2.45) is 0 Å². The highest BCUT2D eigenvalue weighted by atomic mass is 15.1. The quantitative estimate of drug-likeness (QED) is 0.821. The summed E-state index contributed by atoms with van der Waals surface area (Å²) < 4.78 is 0. The molecule has 1 aromatic carbocycles. The molecule has 0 spiro atoms. The number of piperidine rings is 1. The molecule has 0 aromatic heterocycles. The van der Waals surface area contributed by atoms with Crippen molar-refractivity contribution in [3.8, 4) is 18.4 Å². The van der Waals surface area contributed by atoms with Crippen molar-refractivity contribution < 1.29 is 0 Å². The van der Waals surface area contributed by atoms with E-state index in [1.807, 2.05) is 24.3 Å². The van der Waals surface area contributed by atoms with Gasteiger partial charge in [-0.05, 0) is 25.0 Å². The highest BCUT2D eigenvalue weighted by Gasteiger charge is 2.18. The fraction of sp³-hybridized carbons (Fsp3) is 0.400. The van der Waals surface area contributed by atoms with Crippen molar-refractivity contribution in [3.63, 3.8) is 0 Å². The minimum atomic E-state index is 0.438. The first kappa shape index (κ1) is 12.5. The van der Waals surface area contributed by atoms with Gasteiger partial charge < -0.3 is 5.32 Å². The second-order valence-electron chi connectivity index (χ2n) is 4.56. The summed E-state index contributed by atoms with van der Waals surface area (Å²) in [4.78, 5) is 2.29. The first-order valence-corrected chi connectivity index (χ1v) is 6.25. The third-order valence-electron chi connectivity index (χ3n) is 3.31. The first-order valence-electron chi connectivity index (χ1n) is 6.25. The molecule has 92 valence electrons. The van der Waals surface area contributed by atoms with Gasteiger partial charge in [-0.3, -0.25) is 4.90 Å². The number of nitrogens with zero attached hydrogens (tertiary/aromatic N) is 2. The Morgan fingerprint density at radius 2 is 2.06 bits per heavy atom. The molecule has 1 fully saturated rings. The van der Waals surface area contributed by atoms with Crippen LogP contribution in [0.4, 0.5) is 5.69 Å². The molecule has 1 aromatic rings. The highest BCUT2D eigenvalue weighted by Crippen LogP contribution is 2.19. The molecule has 1 saturated heterocycles. The minimum absolute atomic E-state index is 0.438. The van der Waals surface area contributed by atoms with E-state index >= 15 is 0 Å². The molecule has 1 heterocycles. The number of rotatable bonds is 3. The molecule has 0 amide bonds. The second-order valence-corrected chi connectivity index (χ2v) is 4.56. The molecule has 1 N–H and O–H groups in total. The third kappa shape index (κ3) is 3.03. The largest absolute Gasteiger partial charge is 0.381 e. The van der Waals surface area contributed by atoms with Crippen molar-refractivity contribution >= 4 is 5.69 Å². The second kappa shape index (κ2) is 6.10. The number of para-hydroxylation sites is 1. The highest BCUT2D eigenvalue weighted by molar-refractivity contribution is 5.57. The summed E-state index contributed by atoms with van der Waals surface area (Å²) in [7, 11) is 0. The Bertz CT molecular complexity index is 473. The molecule has 0 radical (unpaired) electrons. The van der Waals surface area contributed by atoms with E-state index in [4.69, 9.17) is 11.7 Å². The molecule has 1 aliphatic heterocycles. The summed E-state index contributed by atoms with van der Waals surface area (Å²) in [5.41, 5.74) is 1.65. The maximum Gasteiger partial charge on any atom is 0.101 e. The summed E-state index contributed by atoms with van der Waals surface area (Å²) in [5, 5.41) is 12.5. The van der Waals surface area contributed by atoms with E-state index in [1.54, 1.807) is 0 Å². The van der Waals surface area contributed by atoms with Crippen LogP contribution >= 0.6 is 0 Å². The molecule has 0 saturated carbocycles. The van der Waals surface area contributed by atoms with Crippen molar-refractivity contribution in [1.29, 1.82) is 5.26 Å². The summed E-state index contributed by atoms with van der Waals surface area (Å²) in [6, 6.07) is 10.3. The van der Waals surface area contributed by atoms with E-state index in [-0.39, 0.29) is 0 Å². The number of terminal acetylenes is 1. The van der Waals surface area contributed by atoms with Gasteiger partial charge in [-0.1, -0.05) is 18.1 Å². The van der Waals surface area contributed by atoms with Crippen LogP contribution < -0.4 is 5.32 Å². The van der Waals surface area contributed by atoms with Gasteiger partial charge in [0.15, 0.2) is 0 Å². The molecule has 3 heteroatoms. The number of nitrogens with one attached hydrogen (secondary N) is 1. The zero-order chi connectivity index (χ0) is 12.8. The summed E-state index contributed by atoms with van der Waals surface area (Å²) in [6.07, 6.45) is 7.45. The fourth-order valence-electron chi connectivity index (χ4n) is 2.29. The van der Waals surface area contributed by atoms with Gasteiger partial charge in [-0.2, -0.15) is 5.26 Å². The van der Waals surface area contributed by atoms with Crippen molar-refractivity contribution in [1.82, 2.24) is 4.90 Å². The van der Waals surface area contributed by atoms with Crippen LogP contribution in [-0.2, 0) is 0 Å². The van der Waals surface area contributed by atoms with E-state index in [0.717, 1.165) is 38.2 Å². The molecule has 18 heavy (non-hydrogen) atoms. The normalized spacial score (nSPS) is 16.8. The monoisotopic (exact) mass is 239 g/mol. The van der Waals surface area contributed by atoms with Gasteiger partial charge in [-0.25, -0.2) is 0 Å². The van der Waals surface area contributed by atoms with Gasteiger partial charge in [0.25, 0.3) is 0 Å². The fourth-order valence-corrected chi connectivity index (χ4v) is 2.29. The molecule has 3 nitrogen and oxygen atoms in total. The van der Waals surface area contributed by atoms with Gasteiger partial charge in [0.1, 0.15) is 6.07 Å². The topological polar surface area (TPSA) is 39.1 Å². The smallest absolute Gasteiger partial charge is 0.101 e. The lowest BCUT2D eigenvalue weighted by atomic mass is 10.0. The number of anilines is 1. The molecule has 1 aliphatic rings. The molecular weight excluding hydrogens is 222 g/mol. The Hall–Kier alpha value is -1.97. The van der Waals surface area contributed by atoms with Crippen molar-refractivity contribution in [3.05, 3.63) is 29.8 Å². The van der Waals surface area contributed by atoms with E-state index < -0.39 is 0 Å². The maximum absolute atomic E-state index is 9.04. The summed E-state index contributed by atoms with van der Waals surface area (Å²) >= 11 is 0. The van der Waals surface area contributed by atoms with Crippen LogP contribution in [0.5, 0.6) is 0 Å². The lowest BCUT2D eigenvalue weighted by Gasteiger charge is -2.31. The predicted molar refractivity (Wildman–Crippen MR) is 73.1 cm³/mol. The summed E-state index contributed by atoms with van der Waals surface area (Å²) in [6.45, 7) is 2.79. The lowest BCUT2D eigenvalue weighted by Crippen LogP contribution is -2.39. The SMILES string of the molecule is C#CCN1CCC(Nc2ccccc2C#N)CC1. The molecule has 0 bridgehead atoms. The van der Waals surface area contributed by atoms with Crippen LogP contribution in [0.15, 0.2) is 24.3 Å². The van der Waals surface area contributed by atoms with Crippen LogP contribution in [0, 0.1) is 23.7 Å². The van der Waals surface area contributed by atoms with Gasteiger partial charge >= 0.3 is 0 Å². The number of likely N-dealkylation sites (tertiary alicyclic amines) is 1. The van der Waals surface area contributed by atoms with Crippen LogP contribution in [0.25, 0.3) is 0 Å². The zero-order valence-electron chi connectivity index (χ0n) is 10.4. The van der Waals surface area contributed by atoms with Crippen LogP contribution in [-0.4, -0.2) is 30.6 Å². The average molecular weight is 239 g/mol. The Morgan fingerprint density at radius 1 is 1.33 bits per heavy atom. The van der Waals surface area contributed by atoms with E-state index in [2.05, 4.69) is 22.2 Å². The third-order valence-corrected chi connectivity index (χ3v) is 3.31. The average Bonchev–Trinajstić information content (AvgIpc) is 2.42. The van der Waals surface area contributed by atoms with Crippen LogP contribution in [0.3, 0.4) is 0 Å². The number of benzene rings is 1. The maximum atomic E-state index is 9.04. The van der Waals surface area contributed by atoms with E-state index in [1.165, 1.54) is 0 Å². The predicted octanol–water partition coefficient (Wildman–Crippen LogP) is 2.07. The van der Waals surface area contributed by atoms with Gasteiger partial charge in [-0.15, -0.1) is 6.42 Å². The Morgan fingerprint density at radius 3 is 2.72 bits per heavy atom. The lowest BCUT2D eigenvalue weighted by molar-refractivity contribution is 0.243. The van der Waals surface area contributed by atoms with Gasteiger partial charge in [0, 0.05) is 19.1 Å². The van der Waals surface area contributed by atoms with E-state index in [0.29, 0.717) is 11.6 Å². The van der Waals surface area contributed by atoms with E-state index in [9.17, 15) is 0 Å². The molecule has 0 aliphatic carbocycles. The Kier molecular flexibility index (Phi) is 4.23. The number of hydrogen-bond acceptors (Lipinski definition) is 3. The minimum Gasteiger partial charge on any atom is -0.381 e. The van der Waals surface area contributed by atoms with Gasteiger partial charge in [0.2, 0.25) is 0 Å². The molecule has 0 unspecified atom stereocenters. The van der Waals surface area contributed by atoms with Crippen LogP contribution in [0.2, 0.25) is 0 Å².